The number of fused-ring (bicyclic) bond motifs is 1. The molecule has 0 bridgehead atoms. The van der Waals surface area contributed by atoms with E-state index in [-0.39, 0.29) is 5.56 Å². The zero-order valence-electron chi connectivity index (χ0n) is 14.0. The fraction of sp³-hybridized carbons (Fsp3) is 0.0526. The van der Waals surface area contributed by atoms with Crippen molar-refractivity contribution in [3.63, 3.8) is 0 Å². The first-order chi connectivity index (χ1) is 13.1. The Morgan fingerprint density at radius 3 is 2.59 bits per heavy atom. The number of ether oxygens (including phenoxy) is 1. The third-order valence-corrected chi connectivity index (χ3v) is 5.21. The molecule has 0 saturated carbocycles. The van der Waals surface area contributed by atoms with Crippen LogP contribution >= 0.6 is 22.9 Å². The van der Waals surface area contributed by atoms with Crippen LogP contribution in [-0.2, 0) is 4.74 Å². The van der Waals surface area contributed by atoms with Crippen molar-refractivity contribution in [3.8, 4) is 11.4 Å². The predicted molar refractivity (Wildman–Crippen MR) is 104 cm³/mol. The molecule has 134 valence electrons. The Morgan fingerprint density at radius 1 is 1.19 bits per heavy atom. The van der Waals surface area contributed by atoms with Gasteiger partial charge in [-0.1, -0.05) is 47.2 Å². The van der Waals surface area contributed by atoms with E-state index in [4.69, 9.17) is 11.6 Å². The smallest absolute Gasteiger partial charge is 0.337 e. The topological polar surface area (TPSA) is 73.6 Å². The van der Waals surface area contributed by atoms with Crippen LogP contribution in [0.4, 0.5) is 0 Å². The first kappa shape index (κ1) is 17.4. The molecule has 0 aliphatic carbocycles. The molecule has 0 fully saturated rings. The lowest BCUT2D eigenvalue weighted by molar-refractivity contribution is 0.0600. The highest BCUT2D eigenvalue weighted by molar-refractivity contribution is 7.15. The van der Waals surface area contributed by atoms with Gasteiger partial charge in [-0.25, -0.2) is 4.79 Å². The van der Waals surface area contributed by atoms with E-state index in [1.54, 1.807) is 36.4 Å². The number of nitrogens with zero attached hydrogens (tertiary/aromatic N) is 3. The van der Waals surface area contributed by atoms with Crippen molar-refractivity contribution in [2.45, 2.75) is 0 Å². The number of esters is 1. The average molecular weight is 398 g/mol. The molecular weight excluding hydrogens is 386 g/mol. The fourth-order valence-corrected chi connectivity index (χ4v) is 3.70. The number of rotatable bonds is 3. The van der Waals surface area contributed by atoms with Crippen molar-refractivity contribution in [2.75, 3.05) is 7.11 Å². The number of thiazole rings is 1. The van der Waals surface area contributed by atoms with Crippen molar-refractivity contribution in [3.05, 3.63) is 79.6 Å². The van der Waals surface area contributed by atoms with E-state index in [9.17, 15) is 9.59 Å². The molecule has 27 heavy (non-hydrogen) atoms. The van der Waals surface area contributed by atoms with Crippen molar-refractivity contribution < 1.29 is 9.53 Å². The van der Waals surface area contributed by atoms with Crippen molar-refractivity contribution in [1.29, 1.82) is 0 Å². The highest BCUT2D eigenvalue weighted by atomic mass is 35.5. The molecule has 2 heterocycles. The molecule has 0 saturated heterocycles. The summed E-state index contributed by atoms with van der Waals surface area (Å²) in [5, 5.41) is 4.82. The van der Waals surface area contributed by atoms with Gasteiger partial charge in [-0.3, -0.25) is 4.79 Å². The van der Waals surface area contributed by atoms with E-state index in [0.29, 0.717) is 31.5 Å². The molecule has 0 N–H and O–H groups in total. The first-order valence-corrected chi connectivity index (χ1v) is 9.11. The SMILES string of the molecule is COC(=O)c1ccc(/C=c2\sc3nc(-c4ccccc4Cl)nn3c2=O)cc1. The summed E-state index contributed by atoms with van der Waals surface area (Å²) in [6.45, 7) is 0. The first-order valence-electron chi connectivity index (χ1n) is 7.91. The third kappa shape index (κ3) is 3.22. The van der Waals surface area contributed by atoms with E-state index in [1.165, 1.54) is 23.0 Å². The standard InChI is InChI=1S/C19H12ClN3O3S/c1-26-18(25)12-8-6-11(7-9-12)10-15-17(24)23-19(27-15)21-16(22-23)13-4-2-3-5-14(13)20/h2-10H,1H3/b15-10-. The van der Waals surface area contributed by atoms with Crippen LogP contribution < -0.4 is 10.1 Å². The maximum atomic E-state index is 12.6. The number of halogens is 1. The summed E-state index contributed by atoms with van der Waals surface area (Å²) in [4.78, 5) is 29.0. The fourth-order valence-electron chi connectivity index (χ4n) is 2.58. The lowest BCUT2D eigenvalue weighted by Gasteiger charge is -1.98. The van der Waals surface area contributed by atoms with Crippen molar-refractivity contribution in [1.82, 2.24) is 14.6 Å². The normalized spacial score (nSPS) is 11.9. The highest BCUT2D eigenvalue weighted by Crippen LogP contribution is 2.25. The van der Waals surface area contributed by atoms with Gasteiger partial charge in [0.15, 0.2) is 5.82 Å². The van der Waals surface area contributed by atoms with E-state index >= 15 is 0 Å². The van der Waals surface area contributed by atoms with Gasteiger partial charge in [0.1, 0.15) is 0 Å². The Hall–Kier alpha value is -3.03. The van der Waals surface area contributed by atoms with Gasteiger partial charge in [0.05, 0.1) is 22.2 Å². The van der Waals surface area contributed by atoms with Crippen LogP contribution in [0.25, 0.3) is 22.4 Å². The Morgan fingerprint density at radius 2 is 1.93 bits per heavy atom. The summed E-state index contributed by atoms with van der Waals surface area (Å²) in [5.74, 6) is 0.00916. The van der Waals surface area contributed by atoms with Crippen LogP contribution in [0.15, 0.2) is 53.3 Å². The van der Waals surface area contributed by atoms with Crippen LogP contribution in [0, 0.1) is 0 Å². The second-order valence-corrected chi connectivity index (χ2v) is 7.06. The molecule has 0 spiro atoms. The highest BCUT2D eigenvalue weighted by Gasteiger charge is 2.13. The maximum absolute atomic E-state index is 12.6. The Balaban J connectivity index is 1.74. The quantitative estimate of drug-likeness (QED) is 0.497. The zero-order chi connectivity index (χ0) is 19.0. The van der Waals surface area contributed by atoms with E-state index in [0.717, 1.165) is 5.56 Å². The predicted octanol–water partition coefficient (Wildman–Crippen LogP) is 2.81. The number of carbonyl (C=O) groups is 1. The summed E-state index contributed by atoms with van der Waals surface area (Å²) in [7, 11) is 1.33. The van der Waals surface area contributed by atoms with E-state index < -0.39 is 5.97 Å². The van der Waals surface area contributed by atoms with Gasteiger partial charge in [-0.05, 0) is 35.9 Å². The number of aromatic nitrogens is 3. The van der Waals surface area contributed by atoms with Gasteiger partial charge in [-0.2, -0.15) is 9.50 Å². The Kier molecular flexibility index (Phi) is 4.47. The van der Waals surface area contributed by atoms with Crippen LogP contribution in [0.5, 0.6) is 0 Å². The van der Waals surface area contributed by atoms with Crippen molar-refractivity contribution >= 4 is 39.9 Å². The minimum absolute atomic E-state index is 0.252. The molecule has 6 nitrogen and oxygen atoms in total. The Labute approximate surface area is 162 Å². The van der Waals surface area contributed by atoms with E-state index in [2.05, 4.69) is 14.8 Å². The van der Waals surface area contributed by atoms with Gasteiger partial charge >= 0.3 is 5.97 Å². The van der Waals surface area contributed by atoms with Gasteiger partial charge in [0, 0.05) is 5.56 Å². The monoisotopic (exact) mass is 397 g/mol. The molecule has 0 atom stereocenters. The number of methoxy groups -OCH3 is 1. The molecule has 0 amide bonds. The maximum Gasteiger partial charge on any atom is 0.337 e. The molecule has 0 radical (unpaired) electrons. The second-order valence-electron chi connectivity index (χ2n) is 5.64. The second kappa shape index (κ2) is 6.94. The largest absolute Gasteiger partial charge is 0.465 e. The number of benzene rings is 2. The summed E-state index contributed by atoms with van der Waals surface area (Å²) >= 11 is 7.42. The minimum atomic E-state index is -0.406. The number of hydrogen-bond donors (Lipinski definition) is 0. The molecule has 2 aromatic carbocycles. The van der Waals surface area contributed by atoms with Crippen LogP contribution in [0.1, 0.15) is 15.9 Å². The number of hydrogen-bond acceptors (Lipinski definition) is 6. The molecule has 0 unspecified atom stereocenters. The molecule has 4 rings (SSSR count). The van der Waals surface area contributed by atoms with Gasteiger partial charge in [0.25, 0.3) is 5.56 Å². The molecule has 0 aliphatic rings. The Bertz CT molecular complexity index is 1260. The van der Waals surface area contributed by atoms with Crippen LogP contribution in [-0.4, -0.2) is 27.7 Å². The third-order valence-electron chi connectivity index (χ3n) is 3.93. The summed E-state index contributed by atoms with van der Waals surface area (Å²) in [5.41, 5.74) is 1.66. The molecule has 8 heteroatoms. The number of carbonyl (C=O) groups excluding carboxylic acids is 1. The molecule has 4 aromatic rings. The summed E-state index contributed by atoms with van der Waals surface area (Å²) < 4.78 is 6.45. The van der Waals surface area contributed by atoms with E-state index in [1.807, 2.05) is 18.2 Å². The average Bonchev–Trinajstić information content (AvgIpc) is 3.22. The summed E-state index contributed by atoms with van der Waals surface area (Å²) in [6, 6.07) is 14.0. The molecule has 0 aliphatic heterocycles. The zero-order valence-corrected chi connectivity index (χ0v) is 15.6. The summed E-state index contributed by atoms with van der Waals surface area (Å²) in [6.07, 6.45) is 1.74. The van der Waals surface area contributed by atoms with Crippen molar-refractivity contribution in [2.24, 2.45) is 0 Å². The van der Waals surface area contributed by atoms with Crippen LogP contribution in [0.2, 0.25) is 5.02 Å². The lowest BCUT2D eigenvalue weighted by atomic mass is 10.1. The van der Waals surface area contributed by atoms with Gasteiger partial charge < -0.3 is 4.74 Å². The molecule has 2 aromatic heterocycles. The van der Waals surface area contributed by atoms with Gasteiger partial charge in [-0.15, -0.1) is 5.10 Å². The minimum Gasteiger partial charge on any atom is -0.465 e. The van der Waals surface area contributed by atoms with Crippen LogP contribution in [0.3, 0.4) is 0 Å². The lowest BCUT2D eigenvalue weighted by Crippen LogP contribution is -2.23. The van der Waals surface area contributed by atoms with Gasteiger partial charge in [0.2, 0.25) is 4.96 Å². The molecular formula is C19H12ClN3O3S.